The van der Waals surface area contributed by atoms with Crippen molar-refractivity contribution in [2.75, 3.05) is 45.3 Å². The van der Waals surface area contributed by atoms with Crippen molar-refractivity contribution in [3.8, 4) is 22.8 Å². The molecule has 1 saturated heterocycles. The Balaban J connectivity index is 1.38. The van der Waals surface area contributed by atoms with Crippen molar-refractivity contribution in [3.63, 3.8) is 0 Å². The molecule has 0 saturated carbocycles. The first kappa shape index (κ1) is 20.8. The van der Waals surface area contributed by atoms with Crippen LogP contribution >= 0.6 is 0 Å². The van der Waals surface area contributed by atoms with E-state index < -0.39 is 0 Å². The number of amides is 1. The Morgan fingerprint density at radius 3 is 2.55 bits per heavy atom. The Morgan fingerprint density at radius 1 is 0.968 bits per heavy atom. The fourth-order valence-electron chi connectivity index (χ4n) is 3.91. The molecule has 0 spiro atoms. The zero-order chi connectivity index (χ0) is 21.6. The molecule has 1 amide bonds. The molecule has 3 aromatic rings. The molecule has 2 aromatic carbocycles. The fraction of sp³-hybridized carbons (Fsp3) is 0.333. The number of carbonyl (C=O) groups is 1. The Kier molecular flexibility index (Phi) is 6.40. The summed E-state index contributed by atoms with van der Waals surface area (Å²) in [7, 11) is 3.21. The molecule has 7 nitrogen and oxygen atoms in total. The lowest BCUT2D eigenvalue weighted by Gasteiger charge is -2.22. The molecule has 0 bridgehead atoms. The number of ether oxygens (including phenoxy) is 2. The van der Waals surface area contributed by atoms with Crippen molar-refractivity contribution < 1.29 is 14.3 Å². The second kappa shape index (κ2) is 9.55. The van der Waals surface area contributed by atoms with Crippen LogP contribution in [0.1, 0.15) is 12.0 Å². The van der Waals surface area contributed by atoms with Gasteiger partial charge >= 0.3 is 0 Å². The largest absolute Gasteiger partial charge is 0.493 e. The molecule has 1 fully saturated rings. The molecule has 1 aliphatic rings. The van der Waals surface area contributed by atoms with E-state index in [4.69, 9.17) is 9.47 Å². The Bertz CT molecular complexity index is 1020. The lowest BCUT2D eigenvalue weighted by molar-refractivity contribution is -0.130. The van der Waals surface area contributed by atoms with Gasteiger partial charge < -0.3 is 19.3 Å². The molecule has 0 atom stereocenters. The van der Waals surface area contributed by atoms with Crippen LogP contribution < -0.4 is 14.4 Å². The van der Waals surface area contributed by atoms with Crippen LogP contribution in [0.5, 0.6) is 11.5 Å². The topological polar surface area (TPSA) is 70.7 Å². The quantitative estimate of drug-likeness (QED) is 0.662. The van der Waals surface area contributed by atoms with Gasteiger partial charge in [-0.05, 0) is 29.7 Å². The number of rotatable bonds is 6. The first-order valence-corrected chi connectivity index (χ1v) is 10.5. The molecule has 1 N–H and O–H groups in total. The lowest BCUT2D eigenvalue weighted by atomic mass is 10.1. The molecular formula is C24H28N4O3. The molecule has 4 rings (SSSR count). The summed E-state index contributed by atoms with van der Waals surface area (Å²) >= 11 is 0. The predicted octanol–water partition coefficient (Wildman–Crippen LogP) is 3.38. The molecule has 31 heavy (non-hydrogen) atoms. The zero-order valence-electron chi connectivity index (χ0n) is 18.0. The molecule has 1 aliphatic heterocycles. The SMILES string of the molecule is COc1ccc(CC(=O)N2CCCN(c3cc(-c4ccccc4)[nH]n3)CC2)cc1OC. The summed E-state index contributed by atoms with van der Waals surface area (Å²) in [6.07, 6.45) is 1.26. The molecule has 0 unspecified atom stereocenters. The van der Waals surface area contributed by atoms with Gasteiger partial charge in [0, 0.05) is 32.2 Å². The highest BCUT2D eigenvalue weighted by atomic mass is 16.5. The van der Waals surface area contributed by atoms with Crippen LogP contribution in [0.4, 0.5) is 5.82 Å². The van der Waals surface area contributed by atoms with Crippen LogP contribution in [0.2, 0.25) is 0 Å². The normalized spacial score (nSPS) is 14.3. The van der Waals surface area contributed by atoms with Crippen molar-refractivity contribution in [3.05, 3.63) is 60.2 Å². The maximum atomic E-state index is 12.9. The number of hydrogen-bond acceptors (Lipinski definition) is 5. The van der Waals surface area contributed by atoms with Gasteiger partial charge in [0.05, 0.1) is 26.3 Å². The third-order valence-corrected chi connectivity index (χ3v) is 5.63. The number of carbonyl (C=O) groups excluding carboxylic acids is 1. The molecular weight excluding hydrogens is 392 g/mol. The van der Waals surface area contributed by atoms with Crippen molar-refractivity contribution >= 4 is 11.7 Å². The van der Waals surface area contributed by atoms with Gasteiger partial charge in [-0.25, -0.2) is 0 Å². The van der Waals surface area contributed by atoms with Crippen LogP contribution in [-0.4, -0.2) is 61.4 Å². The highest BCUT2D eigenvalue weighted by Crippen LogP contribution is 2.28. The third-order valence-electron chi connectivity index (χ3n) is 5.63. The highest BCUT2D eigenvalue weighted by Gasteiger charge is 2.21. The van der Waals surface area contributed by atoms with E-state index in [1.165, 1.54) is 0 Å². The maximum Gasteiger partial charge on any atom is 0.227 e. The number of nitrogens with one attached hydrogen (secondary N) is 1. The van der Waals surface area contributed by atoms with Crippen LogP contribution in [0, 0.1) is 0 Å². The number of benzene rings is 2. The van der Waals surface area contributed by atoms with Gasteiger partial charge in [0.25, 0.3) is 0 Å². The number of H-pyrrole nitrogens is 1. The number of aromatic nitrogens is 2. The fourth-order valence-corrected chi connectivity index (χ4v) is 3.91. The van der Waals surface area contributed by atoms with Crippen molar-refractivity contribution in [1.29, 1.82) is 0 Å². The molecule has 7 heteroatoms. The second-order valence-electron chi connectivity index (χ2n) is 7.59. The van der Waals surface area contributed by atoms with Crippen LogP contribution in [0.15, 0.2) is 54.6 Å². The predicted molar refractivity (Wildman–Crippen MR) is 121 cm³/mol. The van der Waals surface area contributed by atoms with Gasteiger partial charge in [-0.2, -0.15) is 5.10 Å². The minimum Gasteiger partial charge on any atom is -0.493 e. The first-order chi connectivity index (χ1) is 15.2. The van der Waals surface area contributed by atoms with Crippen molar-refractivity contribution in [2.45, 2.75) is 12.8 Å². The van der Waals surface area contributed by atoms with E-state index in [1.807, 2.05) is 41.3 Å². The Morgan fingerprint density at radius 2 is 1.77 bits per heavy atom. The van der Waals surface area contributed by atoms with Crippen LogP contribution in [0.25, 0.3) is 11.3 Å². The maximum absolute atomic E-state index is 12.9. The highest BCUT2D eigenvalue weighted by molar-refractivity contribution is 5.79. The monoisotopic (exact) mass is 420 g/mol. The first-order valence-electron chi connectivity index (χ1n) is 10.5. The molecule has 0 radical (unpaired) electrons. The molecule has 1 aromatic heterocycles. The smallest absolute Gasteiger partial charge is 0.227 e. The summed E-state index contributed by atoms with van der Waals surface area (Å²) in [4.78, 5) is 17.1. The average Bonchev–Trinajstić information content (AvgIpc) is 3.17. The van der Waals surface area contributed by atoms with E-state index in [-0.39, 0.29) is 5.91 Å². The summed E-state index contributed by atoms with van der Waals surface area (Å²) in [5, 5.41) is 7.63. The van der Waals surface area contributed by atoms with E-state index in [0.29, 0.717) is 24.5 Å². The summed E-state index contributed by atoms with van der Waals surface area (Å²) in [6.45, 7) is 3.06. The summed E-state index contributed by atoms with van der Waals surface area (Å²) in [5.41, 5.74) is 3.03. The standard InChI is InChI=1S/C24H28N4O3/c1-30-21-10-9-18(15-22(21)31-2)16-24(29)28-12-6-11-27(13-14-28)23-17-20(25-26-23)19-7-4-3-5-8-19/h3-5,7-10,15,17H,6,11-14,16H2,1-2H3,(H,25,26). The number of anilines is 1. The number of hydrogen-bond donors (Lipinski definition) is 1. The zero-order valence-corrected chi connectivity index (χ0v) is 18.0. The van der Waals surface area contributed by atoms with Gasteiger partial charge in [0.15, 0.2) is 17.3 Å². The van der Waals surface area contributed by atoms with Crippen LogP contribution in [-0.2, 0) is 11.2 Å². The van der Waals surface area contributed by atoms with Crippen molar-refractivity contribution in [1.82, 2.24) is 15.1 Å². The summed E-state index contributed by atoms with van der Waals surface area (Å²) in [5.74, 6) is 2.36. The Hall–Kier alpha value is -3.48. The molecule has 162 valence electrons. The number of methoxy groups -OCH3 is 2. The van der Waals surface area contributed by atoms with Gasteiger partial charge in [-0.3, -0.25) is 9.89 Å². The Labute approximate surface area is 182 Å². The van der Waals surface area contributed by atoms with E-state index in [9.17, 15) is 4.79 Å². The van der Waals surface area contributed by atoms with Crippen LogP contribution in [0.3, 0.4) is 0 Å². The van der Waals surface area contributed by atoms with Gasteiger partial charge in [0.2, 0.25) is 5.91 Å². The minimum absolute atomic E-state index is 0.126. The number of aromatic amines is 1. The van der Waals surface area contributed by atoms with E-state index in [0.717, 1.165) is 48.7 Å². The number of nitrogens with zero attached hydrogens (tertiary/aromatic N) is 3. The molecule has 2 heterocycles. The van der Waals surface area contributed by atoms with Gasteiger partial charge in [-0.15, -0.1) is 0 Å². The summed E-state index contributed by atoms with van der Waals surface area (Å²) in [6, 6.07) is 17.9. The van der Waals surface area contributed by atoms with E-state index >= 15 is 0 Å². The minimum atomic E-state index is 0.126. The van der Waals surface area contributed by atoms with Gasteiger partial charge in [0.1, 0.15) is 0 Å². The third kappa shape index (κ3) is 4.82. The second-order valence-corrected chi connectivity index (χ2v) is 7.59. The molecule has 0 aliphatic carbocycles. The average molecular weight is 421 g/mol. The van der Waals surface area contributed by atoms with E-state index in [1.54, 1.807) is 14.2 Å². The van der Waals surface area contributed by atoms with Gasteiger partial charge in [-0.1, -0.05) is 36.4 Å². The van der Waals surface area contributed by atoms with E-state index in [2.05, 4.69) is 33.3 Å². The summed E-state index contributed by atoms with van der Waals surface area (Å²) < 4.78 is 10.6. The lowest BCUT2D eigenvalue weighted by Crippen LogP contribution is -2.36. The van der Waals surface area contributed by atoms with Crippen molar-refractivity contribution in [2.24, 2.45) is 0 Å².